The highest BCUT2D eigenvalue weighted by molar-refractivity contribution is 6.31. The highest BCUT2D eigenvalue weighted by Crippen LogP contribution is 2.16. The second-order valence-electron chi connectivity index (χ2n) is 4.59. The molecule has 2 rings (SSSR count). The molecule has 102 valence electrons. The number of aromatic nitrogens is 2. The molecule has 0 atom stereocenters. The Labute approximate surface area is 119 Å². The predicted octanol–water partition coefficient (Wildman–Crippen LogP) is 3.13. The number of halogens is 1. The standard InChI is InChI=1S/C15H20ClN3/c1-2-17-9-5-6-13-10-18-19(11-13)12-14-7-3-4-8-15(14)16/h3-4,7-8,10-11,17H,2,5-6,9,12H2,1H3. The molecule has 2 aromatic rings. The van der Waals surface area contributed by atoms with Crippen LogP contribution in [-0.2, 0) is 13.0 Å². The second kappa shape index (κ2) is 7.31. The summed E-state index contributed by atoms with van der Waals surface area (Å²) in [5.41, 5.74) is 2.39. The Morgan fingerprint density at radius 1 is 1.32 bits per heavy atom. The summed E-state index contributed by atoms with van der Waals surface area (Å²) >= 11 is 6.15. The zero-order chi connectivity index (χ0) is 13.5. The smallest absolute Gasteiger partial charge is 0.0673 e. The van der Waals surface area contributed by atoms with Gasteiger partial charge in [0.05, 0.1) is 12.7 Å². The van der Waals surface area contributed by atoms with Gasteiger partial charge in [-0.15, -0.1) is 0 Å². The topological polar surface area (TPSA) is 29.9 Å². The van der Waals surface area contributed by atoms with E-state index in [-0.39, 0.29) is 0 Å². The molecule has 0 saturated carbocycles. The van der Waals surface area contributed by atoms with E-state index in [1.807, 2.05) is 35.1 Å². The second-order valence-corrected chi connectivity index (χ2v) is 5.00. The Bertz CT molecular complexity index is 508. The quantitative estimate of drug-likeness (QED) is 0.788. The third-order valence-electron chi connectivity index (χ3n) is 3.05. The van der Waals surface area contributed by atoms with Gasteiger partial charge in [0.25, 0.3) is 0 Å². The van der Waals surface area contributed by atoms with Gasteiger partial charge >= 0.3 is 0 Å². The molecule has 0 amide bonds. The van der Waals surface area contributed by atoms with E-state index in [1.165, 1.54) is 5.56 Å². The molecule has 3 nitrogen and oxygen atoms in total. The van der Waals surface area contributed by atoms with Crippen LogP contribution in [0.2, 0.25) is 5.02 Å². The lowest BCUT2D eigenvalue weighted by atomic mass is 10.2. The van der Waals surface area contributed by atoms with Crippen LogP contribution >= 0.6 is 11.6 Å². The van der Waals surface area contributed by atoms with E-state index in [0.29, 0.717) is 0 Å². The Hall–Kier alpha value is -1.32. The van der Waals surface area contributed by atoms with E-state index in [9.17, 15) is 0 Å². The Morgan fingerprint density at radius 3 is 2.95 bits per heavy atom. The van der Waals surface area contributed by atoms with Gasteiger partial charge in [0.15, 0.2) is 0 Å². The van der Waals surface area contributed by atoms with Gasteiger partial charge in [-0.2, -0.15) is 5.10 Å². The number of hydrogen-bond donors (Lipinski definition) is 1. The minimum absolute atomic E-state index is 0.729. The van der Waals surface area contributed by atoms with Crippen molar-refractivity contribution in [3.05, 3.63) is 52.8 Å². The molecule has 19 heavy (non-hydrogen) atoms. The van der Waals surface area contributed by atoms with E-state index in [2.05, 4.69) is 23.5 Å². The third-order valence-corrected chi connectivity index (χ3v) is 3.41. The average Bonchev–Trinajstić information content (AvgIpc) is 2.85. The molecule has 0 fully saturated rings. The molecule has 0 spiro atoms. The highest BCUT2D eigenvalue weighted by Gasteiger charge is 2.02. The summed E-state index contributed by atoms with van der Waals surface area (Å²) in [5.74, 6) is 0. The molecular formula is C15H20ClN3. The average molecular weight is 278 g/mol. The molecule has 0 bridgehead atoms. The Morgan fingerprint density at radius 2 is 2.16 bits per heavy atom. The summed E-state index contributed by atoms with van der Waals surface area (Å²) < 4.78 is 1.95. The van der Waals surface area contributed by atoms with Gasteiger partial charge in [0, 0.05) is 11.2 Å². The van der Waals surface area contributed by atoms with Crippen LogP contribution in [-0.4, -0.2) is 22.9 Å². The zero-order valence-corrected chi connectivity index (χ0v) is 12.0. The fourth-order valence-electron chi connectivity index (χ4n) is 2.02. The number of rotatable bonds is 7. The Balaban J connectivity index is 1.89. The summed E-state index contributed by atoms with van der Waals surface area (Å²) in [5, 5.41) is 8.51. The third kappa shape index (κ3) is 4.37. The minimum Gasteiger partial charge on any atom is -0.317 e. The van der Waals surface area contributed by atoms with Crippen molar-refractivity contribution in [3.8, 4) is 0 Å². The van der Waals surface area contributed by atoms with E-state index in [4.69, 9.17) is 11.6 Å². The predicted molar refractivity (Wildman–Crippen MR) is 79.6 cm³/mol. The molecule has 0 aliphatic carbocycles. The molecule has 0 aliphatic rings. The van der Waals surface area contributed by atoms with Gasteiger partial charge in [-0.05, 0) is 43.1 Å². The van der Waals surface area contributed by atoms with Crippen molar-refractivity contribution in [2.75, 3.05) is 13.1 Å². The van der Waals surface area contributed by atoms with Gasteiger partial charge in [-0.25, -0.2) is 0 Å². The first-order valence-corrected chi connectivity index (χ1v) is 7.13. The summed E-state index contributed by atoms with van der Waals surface area (Å²) in [4.78, 5) is 0. The van der Waals surface area contributed by atoms with Crippen molar-refractivity contribution in [1.29, 1.82) is 0 Å². The fourth-order valence-corrected chi connectivity index (χ4v) is 2.21. The first-order valence-electron chi connectivity index (χ1n) is 6.75. The van der Waals surface area contributed by atoms with Gasteiger partial charge in [-0.3, -0.25) is 4.68 Å². The van der Waals surface area contributed by atoms with Crippen molar-refractivity contribution >= 4 is 11.6 Å². The van der Waals surface area contributed by atoms with Gasteiger partial charge in [0.1, 0.15) is 0 Å². The molecule has 4 heteroatoms. The first-order chi connectivity index (χ1) is 9.29. The van der Waals surface area contributed by atoms with Gasteiger partial charge < -0.3 is 5.32 Å². The van der Waals surface area contributed by atoms with E-state index in [1.54, 1.807) is 0 Å². The summed E-state index contributed by atoms with van der Waals surface area (Å²) in [6.45, 7) is 4.95. The number of aryl methyl sites for hydroxylation is 1. The van der Waals surface area contributed by atoms with Crippen LogP contribution in [0.4, 0.5) is 0 Å². The molecule has 1 N–H and O–H groups in total. The van der Waals surface area contributed by atoms with E-state index < -0.39 is 0 Å². The van der Waals surface area contributed by atoms with Gasteiger partial charge in [-0.1, -0.05) is 36.7 Å². The SMILES string of the molecule is CCNCCCc1cnn(Cc2ccccc2Cl)c1. The maximum Gasteiger partial charge on any atom is 0.0673 e. The number of nitrogens with one attached hydrogen (secondary N) is 1. The molecule has 0 saturated heterocycles. The summed E-state index contributed by atoms with van der Waals surface area (Å²) in [7, 11) is 0. The maximum absolute atomic E-state index is 6.15. The van der Waals surface area contributed by atoms with Gasteiger partial charge in [0.2, 0.25) is 0 Å². The van der Waals surface area contributed by atoms with Crippen molar-refractivity contribution in [2.45, 2.75) is 26.3 Å². The van der Waals surface area contributed by atoms with Crippen molar-refractivity contribution in [2.24, 2.45) is 0 Å². The lowest BCUT2D eigenvalue weighted by molar-refractivity contribution is 0.669. The first kappa shape index (κ1) is 14.1. The van der Waals surface area contributed by atoms with E-state index >= 15 is 0 Å². The monoisotopic (exact) mass is 277 g/mol. The van der Waals surface area contributed by atoms with Crippen molar-refractivity contribution < 1.29 is 0 Å². The highest BCUT2D eigenvalue weighted by atomic mass is 35.5. The van der Waals surface area contributed by atoms with Crippen LogP contribution in [0.15, 0.2) is 36.7 Å². The van der Waals surface area contributed by atoms with Crippen LogP contribution in [0.1, 0.15) is 24.5 Å². The lowest BCUT2D eigenvalue weighted by Gasteiger charge is -2.03. The molecule has 1 aromatic heterocycles. The Kier molecular flexibility index (Phi) is 5.43. The number of hydrogen-bond acceptors (Lipinski definition) is 2. The number of nitrogens with zero attached hydrogens (tertiary/aromatic N) is 2. The fraction of sp³-hybridized carbons (Fsp3) is 0.400. The van der Waals surface area contributed by atoms with Crippen LogP contribution < -0.4 is 5.32 Å². The normalized spacial score (nSPS) is 10.8. The number of benzene rings is 1. The molecule has 0 radical (unpaired) electrons. The lowest BCUT2D eigenvalue weighted by Crippen LogP contribution is -2.14. The maximum atomic E-state index is 6.15. The largest absolute Gasteiger partial charge is 0.317 e. The molecule has 0 aliphatic heterocycles. The molecule has 1 heterocycles. The van der Waals surface area contributed by atoms with E-state index in [0.717, 1.165) is 43.1 Å². The minimum atomic E-state index is 0.729. The van der Waals surface area contributed by atoms with Crippen molar-refractivity contribution in [1.82, 2.24) is 15.1 Å². The van der Waals surface area contributed by atoms with Crippen LogP contribution in [0.25, 0.3) is 0 Å². The van der Waals surface area contributed by atoms with Crippen LogP contribution in [0, 0.1) is 0 Å². The molecular weight excluding hydrogens is 258 g/mol. The van der Waals surface area contributed by atoms with Crippen LogP contribution in [0.5, 0.6) is 0 Å². The molecule has 0 unspecified atom stereocenters. The zero-order valence-electron chi connectivity index (χ0n) is 11.3. The molecule has 1 aromatic carbocycles. The van der Waals surface area contributed by atoms with Crippen molar-refractivity contribution in [3.63, 3.8) is 0 Å². The summed E-state index contributed by atoms with van der Waals surface area (Å²) in [6, 6.07) is 7.90. The summed E-state index contributed by atoms with van der Waals surface area (Å²) in [6.07, 6.45) is 6.26. The van der Waals surface area contributed by atoms with Crippen LogP contribution in [0.3, 0.4) is 0 Å².